The number of anilines is 4. The van der Waals surface area contributed by atoms with Crippen LogP contribution >= 0.6 is 0 Å². The number of amides is 2. The van der Waals surface area contributed by atoms with Gasteiger partial charge in [0.15, 0.2) is 0 Å². The molecule has 0 radical (unpaired) electrons. The van der Waals surface area contributed by atoms with Gasteiger partial charge in [0.1, 0.15) is 22.9 Å². The summed E-state index contributed by atoms with van der Waals surface area (Å²) in [4.78, 5) is 38.0. The second kappa shape index (κ2) is 8.43. The van der Waals surface area contributed by atoms with Gasteiger partial charge in [-0.25, -0.2) is 9.97 Å². The quantitative estimate of drug-likeness (QED) is 0.512. The van der Waals surface area contributed by atoms with Crippen molar-refractivity contribution in [3.05, 3.63) is 48.3 Å². The number of carbonyl (C=O) groups excluding carboxylic acids is 2. The molecule has 39 heavy (non-hydrogen) atoms. The van der Waals surface area contributed by atoms with E-state index in [1.54, 1.807) is 6.20 Å². The summed E-state index contributed by atoms with van der Waals surface area (Å²) in [5.41, 5.74) is 5.19. The van der Waals surface area contributed by atoms with Gasteiger partial charge in [-0.3, -0.25) is 9.59 Å². The molecule has 3 fully saturated rings. The van der Waals surface area contributed by atoms with Crippen molar-refractivity contribution in [1.82, 2.24) is 9.97 Å². The molecular weight excluding hydrogens is 494 g/mol. The Kier molecular flexibility index (Phi) is 4.93. The molecule has 5 aliphatic rings. The molecule has 2 amide bonds. The number of carbonyl (C=O) groups is 2. The summed E-state index contributed by atoms with van der Waals surface area (Å²) in [5.74, 6) is 2.32. The fourth-order valence-electron chi connectivity index (χ4n) is 6.74. The molecule has 198 valence electrons. The van der Waals surface area contributed by atoms with Gasteiger partial charge in [-0.2, -0.15) is 0 Å². The van der Waals surface area contributed by atoms with E-state index in [0.717, 1.165) is 84.6 Å². The van der Waals surface area contributed by atoms with Gasteiger partial charge in [0.2, 0.25) is 17.7 Å². The first-order valence-corrected chi connectivity index (χ1v) is 13.9. The van der Waals surface area contributed by atoms with E-state index in [-0.39, 0.29) is 23.5 Å². The minimum Gasteiger partial charge on any atom is -0.482 e. The molecule has 1 spiro atoms. The predicted molar refractivity (Wildman–Crippen MR) is 146 cm³/mol. The van der Waals surface area contributed by atoms with Gasteiger partial charge in [-0.15, -0.1) is 0 Å². The fraction of sp³-hybridized carbons (Fsp3) is 0.400. The molecule has 1 aromatic carbocycles. The van der Waals surface area contributed by atoms with Crippen LogP contribution in [0.15, 0.2) is 42.7 Å². The summed E-state index contributed by atoms with van der Waals surface area (Å²) in [6.07, 6.45) is 10.3. The third-order valence-corrected chi connectivity index (χ3v) is 8.88. The zero-order valence-electron chi connectivity index (χ0n) is 21.6. The molecule has 2 saturated heterocycles. The molecule has 2 aromatic heterocycles. The molecule has 1 saturated carbocycles. The van der Waals surface area contributed by atoms with Crippen LogP contribution in [0.1, 0.15) is 56.9 Å². The van der Waals surface area contributed by atoms with Crippen LogP contribution < -0.4 is 24.6 Å². The maximum atomic E-state index is 12.7. The Hall–Kier alpha value is -4.14. The van der Waals surface area contributed by atoms with Crippen LogP contribution in [0.25, 0.3) is 11.1 Å². The highest BCUT2D eigenvalue weighted by Gasteiger charge is 2.46. The number of nitrogens with zero attached hydrogens (tertiary/aromatic N) is 4. The topological polar surface area (TPSA) is 96.9 Å². The summed E-state index contributed by atoms with van der Waals surface area (Å²) in [6.45, 7) is 1.32. The van der Waals surface area contributed by atoms with Crippen molar-refractivity contribution < 1.29 is 19.1 Å². The van der Waals surface area contributed by atoms with Crippen LogP contribution in [0.2, 0.25) is 0 Å². The van der Waals surface area contributed by atoms with Crippen molar-refractivity contribution in [1.29, 1.82) is 0 Å². The lowest BCUT2D eigenvalue weighted by Crippen LogP contribution is -2.42. The van der Waals surface area contributed by atoms with E-state index in [1.807, 2.05) is 34.2 Å². The highest BCUT2D eigenvalue weighted by Crippen LogP contribution is 2.55. The zero-order valence-corrected chi connectivity index (χ0v) is 21.6. The Labute approximate surface area is 226 Å². The highest BCUT2D eigenvalue weighted by atomic mass is 16.5. The van der Waals surface area contributed by atoms with Crippen LogP contribution in [0, 0.1) is 0 Å². The van der Waals surface area contributed by atoms with Gasteiger partial charge < -0.3 is 24.6 Å². The first-order chi connectivity index (χ1) is 19.1. The number of aromatic nitrogens is 2. The third-order valence-electron chi connectivity index (χ3n) is 8.88. The first kappa shape index (κ1) is 22.8. The maximum absolute atomic E-state index is 12.7. The second-order valence-electron chi connectivity index (χ2n) is 11.2. The lowest BCUT2D eigenvalue weighted by atomic mass is 9.71. The van der Waals surface area contributed by atoms with Gasteiger partial charge in [0.05, 0.1) is 18.5 Å². The lowest BCUT2D eigenvalue weighted by molar-refractivity contribution is -0.117. The minimum absolute atomic E-state index is 0.123. The molecule has 8 rings (SSSR count). The van der Waals surface area contributed by atoms with E-state index in [0.29, 0.717) is 31.1 Å². The van der Waals surface area contributed by atoms with Gasteiger partial charge in [0, 0.05) is 66.5 Å². The highest BCUT2D eigenvalue weighted by molar-refractivity contribution is 5.98. The number of pyridine rings is 2. The van der Waals surface area contributed by atoms with Crippen LogP contribution in [-0.4, -0.2) is 41.0 Å². The zero-order chi connectivity index (χ0) is 26.1. The van der Waals surface area contributed by atoms with Crippen molar-refractivity contribution in [3.63, 3.8) is 0 Å². The standard InChI is InChI=1S/C30H29N5O4/c36-27-3-1-11-34(27)20-4-6-21-22-17-31-26(15-23(22)30(9-2-10-30)39-25(21)14-20)33-18-13-24-29(32-16-18)38-12-8-19-5-7-28(37)35(19)24/h4,6,13-17,19H,1-3,5,7-12H2,(H,31,33)/t19-/m0/s1. The molecule has 6 heterocycles. The Morgan fingerprint density at radius 3 is 2.69 bits per heavy atom. The largest absolute Gasteiger partial charge is 0.482 e. The van der Waals surface area contributed by atoms with Crippen LogP contribution in [0.3, 0.4) is 0 Å². The average Bonchev–Trinajstić information content (AvgIpc) is 3.46. The number of fused-ring (bicyclic) bond motifs is 7. The predicted octanol–water partition coefficient (Wildman–Crippen LogP) is 5.06. The number of benzene rings is 1. The number of nitrogens with one attached hydrogen (secondary N) is 1. The molecule has 0 bridgehead atoms. The monoisotopic (exact) mass is 523 g/mol. The summed E-state index contributed by atoms with van der Waals surface area (Å²) in [5, 5.41) is 3.41. The molecule has 0 unspecified atom stereocenters. The first-order valence-electron chi connectivity index (χ1n) is 13.9. The molecular formula is C30H29N5O4. The minimum atomic E-state index is -0.385. The number of ether oxygens (including phenoxy) is 2. The van der Waals surface area contributed by atoms with E-state index >= 15 is 0 Å². The Balaban J connectivity index is 1.14. The van der Waals surface area contributed by atoms with Gasteiger partial charge in [-0.1, -0.05) is 0 Å². The summed E-state index contributed by atoms with van der Waals surface area (Å²) >= 11 is 0. The molecule has 1 aliphatic carbocycles. The van der Waals surface area contributed by atoms with Crippen LogP contribution in [0.5, 0.6) is 11.6 Å². The third kappa shape index (κ3) is 3.52. The molecule has 1 N–H and O–H groups in total. The molecule has 9 nitrogen and oxygen atoms in total. The molecule has 3 aromatic rings. The van der Waals surface area contributed by atoms with Crippen LogP contribution in [-0.2, 0) is 15.2 Å². The van der Waals surface area contributed by atoms with E-state index < -0.39 is 0 Å². The van der Waals surface area contributed by atoms with E-state index in [1.165, 1.54) is 0 Å². The summed E-state index contributed by atoms with van der Waals surface area (Å²) < 4.78 is 12.6. The molecule has 4 aliphatic heterocycles. The normalized spacial score (nSPS) is 22.2. The average molecular weight is 524 g/mol. The molecule has 9 heteroatoms. The van der Waals surface area contributed by atoms with Gasteiger partial charge in [0.25, 0.3) is 0 Å². The van der Waals surface area contributed by atoms with Gasteiger partial charge in [-0.05, 0) is 56.4 Å². The van der Waals surface area contributed by atoms with Crippen molar-refractivity contribution in [2.45, 2.75) is 63.0 Å². The number of hydrogen-bond acceptors (Lipinski definition) is 7. The number of rotatable bonds is 3. The van der Waals surface area contributed by atoms with E-state index in [9.17, 15) is 9.59 Å². The number of hydrogen-bond donors (Lipinski definition) is 1. The van der Waals surface area contributed by atoms with Crippen molar-refractivity contribution in [2.24, 2.45) is 0 Å². The van der Waals surface area contributed by atoms with Gasteiger partial charge >= 0.3 is 0 Å². The van der Waals surface area contributed by atoms with Crippen LogP contribution in [0.4, 0.5) is 22.9 Å². The van der Waals surface area contributed by atoms with Crippen molar-refractivity contribution in [2.75, 3.05) is 28.3 Å². The Bertz CT molecular complexity index is 1530. The lowest BCUT2D eigenvalue weighted by Gasteiger charge is -2.46. The van der Waals surface area contributed by atoms with Crippen molar-refractivity contribution in [3.8, 4) is 22.8 Å². The smallest absolute Gasteiger partial charge is 0.238 e. The summed E-state index contributed by atoms with van der Waals surface area (Å²) in [6, 6.07) is 10.3. The van der Waals surface area contributed by atoms with Crippen molar-refractivity contribution >= 4 is 34.7 Å². The Morgan fingerprint density at radius 2 is 1.87 bits per heavy atom. The molecule has 1 atom stereocenters. The maximum Gasteiger partial charge on any atom is 0.238 e. The van der Waals surface area contributed by atoms with E-state index in [4.69, 9.17) is 14.5 Å². The Morgan fingerprint density at radius 1 is 0.949 bits per heavy atom. The van der Waals surface area contributed by atoms with E-state index in [2.05, 4.69) is 22.4 Å². The SMILES string of the molecule is O=C1CCCN1c1ccc2c(c1)OC1(CCC1)c1cc(Nc3cnc4c(c3)N3C(=O)CC[C@H]3CCO4)ncc1-2. The summed E-state index contributed by atoms with van der Waals surface area (Å²) in [7, 11) is 0. The fourth-order valence-corrected chi connectivity index (χ4v) is 6.74. The second-order valence-corrected chi connectivity index (χ2v) is 11.2.